The first kappa shape index (κ1) is 6.63. The summed E-state index contributed by atoms with van der Waals surface area (Å²) in [5.74, 6) is 0. The van der Waals surface area contributed by atoms with Crippen LogP contribution in [0, 0.1) is 5.41 Å². The van der Waals surface area contributed by atoms with Gasteiger partial charge >= 0.3 is 0 Å². The van der Waals surface area contributed by atoms with Crippen molar-refractivity contribution in [2.75, 3.05) is 0 Å². The highest BCUT2D eigenvalue weighted by molar-refractivity contribution is 9.18. The number of hydrogen-bond donors (Lipinski definition) is 1. The summed E-state index contributed by atoms with van der Waals surface area (Å²) in [6.45, 7) is 3.43. The van der Waals surface area contributed by atoms with Gasteiger partial charge in [-0.25, -0.2) is 0 Å². The standard InChI is InChI=1S/C5H6BrN/c1-2-3-4-5(6)7/h2-4,7H,1H2/b4-3-,7-5?. The SMILES string of the molecule is C=C/C=C\C(=N)Br. The molecule has 0 aromatic rings. The molecule has 0 saturated carbocycles. The van der Waals surface area contributed by atoms with E-state index in [0.29, 0.717) is 4.62 Å². The molecule has 0 heterocycles. The Balaban J connectivity index is 3.46. The van der Waals surface area contributed by atoms with E-state index in [9.17, 15) is 0 Å². The van der Waals surface area contributed by atoms with Gasteiger partial charge in [-0.2, -0.15) is 0 Å². The Bertz CT molecular complexity index is 105. The van der Waals surface area contributed by atoms with Crippen molar-refractivity contribution >= 4 is 20.6 Å². The van der Waals surface area contributed by atoms with Gasteiger partial charge in [0.25, 0.3) is 0 Å². The molecule has 0 radical (unpaired) electrons. The van der Waals surface area contributed by atoms with Gasteiger partial charge < -0.3 is 0 Å². The van der Waals surface area contributed by atoms with E-state index in [1.165, 1.54) is 0 Å². The van der Waals surface area contributed by atoms with Gasteiger partial charge in [0, 0.05) is 0 Å². The molecule has 0 aliphatic heterocycles. The fourth-order valence-corrected chi connectivity index (χ4v) is 0.305. The van der Waals surface area contributed by atoms with Crippen LogP contribution in [0.3, 0.4) is 0 Å². The van der Waals surface area contributed by atoms with Crippen molar-refractivity contribution in [1.82, 2.24) is 0 Å². The Morgan fingerprint density at radius 3 is 2.43 bits per heavy atom. The van der Waals surface area contributed by atoms with Gasteiger partial charge in [-0.3, -0.25) is 5.41 Å². The second kappa shape index (κ2) is 3.81. The van der Waals surface area contributed by atoms with Crippen LogP contribution in [0.2, 0.25) is 0 Å². The van der Waals surface area contributed by atoms with Gasteiger partial charge in [0.1, 0.15) is 0 Å². The third kappa shape index (κ3) is 5.63. The summed E-state index contributed by atoms with van der Waals surface area (Å²) in [5, 5.41) is 6.78. The molecular weight excluding hydrogens is 154 g/mol. The monoisotopic (exact) mass is 159 g/mol. The lowest BCUT2D eigenvalue weighted by Crippen LogP contribution is -1.67. The summed E-state index contributed by atoms with van der Waals surface area (Å²) >= 11 is 2.92. The highest BCUT2D eigenvalue weighted by atomic mass is 79.9. The van der Waals surface area contributed by atoms with Gasteiger partial charge in [0.2, 0.25) is 0 Å². The van der Waals surface area contributed by atoms with Crippen LogP contribution < -0.4 is 0 Å². The molecule has 0 aromatic carbocycles. The summed E-state index contributed by atoms with van der Waals surface area (Å²) in [6.07, 6.45) is 4.92. The molecule has 38 valence electrons. The Kier molecular flexibility index (Phi) is 3.61. The molecule has 1 N–H and O–H groups in total. The van der Waals surface area contributed by atoms with E-state index in [0.717, 1.165) is 0 Å². The molecule has 0 rings (SSSR count). The molecule has 0 spiro atoms. The summed E-state index contributed by atoms with van der Waals surface area (Å²) in [5.41, 5.74) is 0. The quantitative estimate of drug-likeness (QED) is 0.472. The first-order valence-electron chi connectivity index (χ1n) is 1.80. The number of hydrogen-bond acceptors (Lipinski definition) is 1. The maximum Gasteiger partial charge on any atom is 0.0966 e. The number of halogens is 1. The topological polar surface area (TPSA) is 23.9 Å². The van der Waals surface area contributed by atoms with E-state index in [1.54, 1.807) is 18.2 Å². The van der Waals surface area contributed by atoms with Crippen LogP contribution >= 0.6 is 15.9 Å². The maximum atomic E-state index is 6.78. The Labute approximate surface area is 51.4 Å². The summed E-state index contributed by atoms with van der Waals surface area (Å²) < 4.78 is 0.368. The molecule has 0 unspecified atom stereocenters. The van der Waals surface area contributed by atoms with Crippen molar-refractivity contribution in [2.24, 2.45) is 0 Å². The zero-order valence-electron chi connectivity index (χ0n) is 3.82. The Hall–Kier alpha value is -0.370. The molecule has 0 saturated heterocycles. The first-order valence-corrected chi connectivity index (χ1v) is 2.60. The van der Waals surface area contributed by atoms with Crippen molar-refractivity contribution in [3.63, 3.8) is 0 Å². The van der Waals surface area contributed by atoms with Gasteiger partial charge in [-0.15, -0.1) is 0 Å². The highest BCUT2D eigenvalue weighted by Crippen LogP contribution is 1.85. The number of allylic oxidation sites excluding steroid dienone is 3. The van der Waals surface area contributed by atoms with Crippen molar-refractivity contribution in [3.05, 3.63) is 24.8 Å². The van der Waals surface area contributed by atoms with Crippen LogP contribution in [0.5, 0.6) is 0 Å². The third-order valence-electron chi connectivity index (χ3n) is 0.379. The first-order chi connectivity index (χ1) is 3.27. The average molecular weight is 160 g/mol. The molecular formula is C5H6BrN. The van der Waals surface area contributed by atoms with Gasteiger partial charge in [0.05, 0.1) is 4.62 Å². The molecule has 0 aliphatic rings. The maximum absolute atomic E-state index is 6.78. The molecule has 0 aromatic heterocycles. The van der Waals surface area contributed by atoms with Crippen LogP contribution in [0.15, 0.2) is 24.8 Å². The Morgan fingerprint density at radius 2 is 2.29 bits per heavy atom. The second-order valence-corrected chi connectivity index (χ2v) is 1.80. The van der Waals surface area contributed by atoms with E-state index in [-0.39, 0.29) is 0 Å². The molecule has 2 heteroatoms. The molecule has 1 nitrogen and oxygen atoms in total. The van der Waals surface area contributed by atoms with E-state index >= 15 is 0 Å². The van der Waals surface area contributed by atoms with Gasteiger partial charge in [-0.1, -0.05) is 18.7 Å². The van der Waals surface area contributed by atoms with E-state index in [4.69, 9.17) is 5.41 Å². The minimum absolute atomic E-state index is 0.368. The zero-order chi connectivity index (χ0) is 5.70. The summed E-state index contributed by atoms with van der Waals surface area (Å²) in [4.78, 5) is 0. The molecule has 7 heavy (non-hydrogen) atoms. The van der Waals surface area contributed by atoms with E-state index in [2.05, 4.69) is 22.5 Å². The average Bonchev–Trinajstić information content (AvgIpc) is 1.61. The van der Waals surface area contributed by atoms with Gasteiger partial charge in [0.15, 0.2) is 0 Å². The van der Waals surface area contributed by atoms with Crippen molar-refractivity contribution in [3.8, 4) is 0 Å². The predicted molar refractivity (Wildman–Crippen MR) is 36.0 cm³/mol. The molecule has 0 aliphatic carbocycles. The number of nitrogens with one attached hydrogen (secondary N) is 1. The van der Waals surface area contributed by atoms with Crippen LogP contribution in [-0.2, 0) is 0 Å². The third-order valence-corrected chi connectivity index (χ3v) is 0.643. The second-order valence-electron chi connectivity index (χ2n) is 0.943. The van der Waals surface area contributed by atoms with Crippen LogP contribution in [0.1, 0.15) is 0 Å². The van der Waals surface area contributed by atoms with Crippen molar-refractivity contribution in [2.45, 2.75) is 0 Å². The van der Waals surface area contributed by atoms with Crippen molar-refractivity contribution < 1.29 is 0 Å². The van der Waals surface area contributed by atoms with Crippen LogP contribution in [0.25, 0.3) is 0 Å². The fraction of sp³-hybridized carbons (Fsp3) is 0. The Morgan fingerprint density at radius 1 is 1.71 bits per heavy atom. The molecule has 0 amide bonds. The molecule has 0 bridgehead atoms. The smallest absolute Gasteiger partial charge is 0.0966 e. The number of rotatable bonds is 2. The lowest BCUT2D eigenvalue weighted by molar-refractivity contribution is 1.57. The highest BCUT2D eigenvalue weighted by Gasteiger charge is 1.71. The van der Waals surface area contributed by atoms with Crippen molar-refractivity contribution in [1.29, 1.82) is 5.41 Å². The molecule has 0 atom stereocenters. The summed E-state index contributed by atoms with van der Waals surface area (Å²) in [7, 11) is 0. The largest absolute Gasteiger partial charge is 0.293 e. The van der Waals surface area contributed by atoms with Crippen LogP contribution in [-0.4, -0.2) is 4.62 Å². The van der Waals surface area contributed by atoms with Crippen LogP contribution in [0.4, 0.5) is 0 Å². The van der Waals surface area contributed by atoms with Gasteiger partial charge in [-0.05, 0) is 22.0 Å². The van der Waals surface area contributed by atoms with E-state index < -0.39 is 0 Å². The minimum Gasteiger partial charge on any atom is -0.293 e. The fourth-order valence-electron chi connectivity index (χ4n) is 0.153. The van der Waals surface area contributed by atoms with E-state index in [1.807, 2.05) is 0 Å². The lowest BCUT2D eigenvalue weighted by Gasteiger charge is -1.72. The lowest BCUT2D eigenvalue weighted by atomic mass is 10.5. The normalized spacial score (nSPS) is 9.29. The summed E-state index contributed by atoms with van der Waals surface area (Å²) in [6, 6.07) is 0. The molecule has 0 fully saturated rings. The predicted octanol–water partition coefficient (Wildman–Crippen LogP) is 2.10. The minimum atomic E-state index is 0.368. The zero-order valence-corrected chi connectivity index (χ0v) is 5.40.